The number of para-hydroxylation sites is 1. The standard InChI is InChI=1S/C23H24N2O5/c1-28-18-9-8-16(13-19(18)29-2)22-20(14-26)30-12-11-25(22)23(27)17-7-3-5-15-6-4-10-24-21(15)17/h3-10,13,20,22,26H,11-12,14H2,1-2H3/t20-,22-/m0/s1. The van der Waals surface area contributed by atoms with Crippen LogP contribution in [0.1, 0.15) is 22.0 Å². The van der Waals surface area contributed by atoms with Gasteiger partial charge in [-0.1, -0.05) is 24.3 Å². The molecule has 0 unspecified atom stereocenters. The summed E-state index contributed by atoms with van der Waals surface area (Å²) in [6.45, 7) is 0.535. The van der Waals surface area contributed by atoms with Gasteiger partial charge in [0.1, 0.15) is 6.10 Å². The number of benzene rings is 2. The molecule has 1 N–H and O–H groups in total. The molecule has 1 fully saturated rings. The van der Waals surface area contributed by atoms with Crippen LogP contribution in [0, 0.1) is 0 Å². The van der Waals surface area contributed by atoms with Gasteiger partial charge in [0.2, 0.25) is 0 Å². The van der Waals surface area contributed by atoms with E-state index in [0.29, 0.717) is 35.7 Å². The van der Waals surface area contributed by atoms with Gasteiger partial charge in [0.25, 0.3) is 5.91 Å². The van der Waals surface area contributed by atoms with Crippen LogP contribution in [0.5, 0.6) is 11.5 Å². The van der Waals surface area contributed by atoms with Crippen molar-refractivity contribution in [3.63, 3.8) is 0 Å². The molecule has 30 heavy (non-hydrogen) atoms. The van der Waals surface area contributed by atoms with Crippen LogP contribution in [0.2, 0.25) is 0 Å². The first-order valence-corrected chi connectivity index (χ1v) is 9.77. The number of carbonyl (C=O) groups is 1. The van der Waals surface area contributed by atoms with E-state index in [1.165, 1.54) is 0 Å². The fraction of sp³-hybridized carbons (Fsp3) is 0.304. The first-order valence-electron chi connectivity index (χ1n) is 9.77. The van der Waals surface area contributed by atoms with Crippen molar-refractivity contribution in [1.29, 1.82) is 0 Å². The van der Waals surface area contributed by atoms with Gasteiger partial charge in [-0.25, -0.2) is 0 Å². The average molecular weight is 408 g/mol. The van der Waals surface area contributed by atoms with Gasteiger partial charge in [-0.05, 0) is 29.8 Å². The zero-order valence-electron chi connectivity index (χ0n) is 16.9. The maximum Gasteiger partial charge on any atom is 0.256 e. The van der Waals surface area contributed by atoms with Gasteiger partial charge in [0.15, 0.2) is 11.5 Å². The third kappa shape index (κ3) is 3.58. The smallest absolute Gasteiger partial charge is 0.256 e. The van der Waals surface area contributed by atoms with E-state index in [9.17, 15) is 9.90 Å². The minimum atomic E-state index is -0.552. The summed E-state index contributed by atoms with van der Waals surface area (Å²) in [4.78, 5) is 19.8. The second kappa shape index (κ2) is 8.69. The molecule has 4 rings (SSSR count). The van der Waals surface area contributed by atoms with Crippen LogP contribution < -0.4 is 9.47 Å². The number of rotatable bonds is 5. The number of ether oxygens (including phenoxy) is 3. The number of methoxy groups -OCH3 is 2. The Bertz CT molecular complexity index is 1050. The van der Waals surface area contributed by atoms with Crippen molar-refractivity contribution in [1.82, 2.24) is 9.88 Å². The highest BCUT2D eigenvalue weighted by molar-refractivity contribution is 6.05. The van der Waals surface area contributed by atoms with E-state index in [2.05, 4.69) is 4.98 Å². The van der Waals surface area contributed by atoms with Crippen molar-refractivity contribution in [3.05, 3.63) is 65.9 Å². The predicted octanol–water partition coefficient (Wildman–Crippen LogP) is 2.83. The second-order valence-electron chi connectivity index (χ2n) is 7.03. The molecule has 1 amide bonds. The van der Waals surface area contributed by atoms with E-state index >= 15 is 0 Å². The number of fused-ring (bicyclic) bond motifs is 1. The maximum atomic E-state index is 13.6. The number of nitrogens with zero attached hydrogens (tertiary/aromatic N) is 2. The van der Waals surface area contributed by atoms with Gasteiger partial charge in [0.05, 0.1) is 44.6 Å². The fourth-order valence-corrected chi connectivity index (χ4v) is 3.98. The topological polar surface area (TPSA) is 81.1 Å². The number of aromatic nitrogens is 1. The molecule has 2 aromatic carbocycles. The molecule has 1 aromatic heterocycles. The number of hydrogen-bond donors (Lipinski definition) is 1. The lowest BCUT2D eigenvalue weighted by Crippen LogP contribution is -2.49. The van der Waals surface area contributed by atoms with Crippen molar-refractivity contribution >= 4 is 16.8 Å². The van der Waals surface area contributed by atoms with Gasteiger partial charge in [-0.15, -0.1) is 0 Å². The highest BCUT2D eigenvalue weighted by atomic mass is 16.5. The molecular formula is C23H24N2O5. The summed E-state index contributed by atoms with van der Waals surface area (Å²) in [5.41, 5.74) is 1.98. The maximum absolute atomic E-state index is 13.6. The Balaban J connectivity index is 1.78. The summed E-state index contributed by atoms with van der Waals surface area (Å²) in [5, 5.41) is 10.9. The summed E-state index contributed by atoms with van der Waals surface area (Å²) in [5.74, 6) is 0.993. The number of carbonyl (C=O) groups excluding carboxylic acids is 1. The van der Waals surface area contributed by atoms with E-state index in [4.69, 9.17) is 14.2 Å². The molecule has 7 heteroatoms. The zero-order chi connectivity index (χ0) is 21.1. The summed E-state index contributed by atoms with van der Waals surface area (Å²) in [7, 11) is 3.13. The second-order valence-corrected chi connectivity index (χ2v) is 7.03. The Morgan fingerprint density at radius 1 is 1.17 bits per heavy atom. The van der Waals surface area contributed by atoms with Crippen molar-refractivity contribution in [2.75, 3.05) is 34.0 Å². The lowest BCUT2D eigenvalue weighted by molar-refractivity contribution is -0.0811. The average Bonchev–Trinajstić information content (AvgIpc) is 2.82. The molecule has 0 aliphatic carbocycles. The molecule has 1 aliphatic heterocycles. The third-order valence-corrected chi connectivity index (χ3v) is 5.41. The first kappa shape index (κ1) is 20.1. The third-order valence-electron chi connectivity index (χ3n) is 5.41. The van der Waals surface area contributed by atoms with Crippen LogP contribution in [-0.2, 0) is 4.74 Å². The lowest BCUT2D eigenvalue weighted by atomic mass is 9.96. The molecule has 0 spiro atoms. The highest BCUT2D eigenvalue weighted by Crippen LogP contribution is 2.36. The molecular weight excluding hydrogens is 384 g/mol. The predicted molar refractivity (Wildman–Crippen MR) is 112 cm³/mol. The highest BCUT2D eigenvalue weighted by Gasteiger charge is 2.37. The molecule has 0 radical (unpaired) electrons. The van der Waals surface area contributed by atoms with Crippen LogP contribution in [-0.4, -0.2) is 61.0 Å². The van der Waals surface area contributed by atoms with Crippen molar-refractivity contribution in [3.8, 4) is 11.5 Å². The fourth-order valence-electron chi connectivity index (χ4n) is 3.98. The van der Waals surface area contributed by atoms with Crippen molar-refractivity contribution in [2.24, 2.45) is 0 Å². The summed E-state index contributed by atoms with van der Waals surface area (Å²) in [6.07, 6.45) is 1.13. The van der Waals surface area contributed by atoms with Crippen LogP contribution in [0.4, 0.5) is 0 Å². The normalized spacial score (nSPS) is 19.0. The van der Waals surface area contributed by atoms with Gasteiger partial charge in [0, 0.05) is 18.1 Å². The minimum Gasteiger partial charge on any atom is -0.493 e. The molecule has 0 bridgehead atoms. The number of amides is 1. The number of aliphatic hydroxyl groups is 1. The van der Waals surface area contributed by atoms with E-state index in [-0.39, 0.29) is 12.5 Å². The SMILES string of the molecule is COc1ccc([C@H]2[C@H](CO)OCCN2C(=O)c2cccc3cccnc23)cc1OC. The first-order chi connectivity index (χ1) is 14.7. The van der Waals surface area contributed by atoms with Crippen molar-refractivity contribution < 1.29 is 24.1 Å². The largest absolute Gasteiger partial charge is 0.493 e. The van der Waals surface area contributed by atoms with Crippen molar-refractivity contribution in [2.45, 2.75) is 12.1 Å². The Kier molecular flexibility index (Phi) is 5.83. The summed E-state index contributed by atoms with van der Waals surface area (Å²) < 4.78 is 16.6. The molecule has 156 valence electrons. The van der Waals surface area contributed by atoms with Gasteiger partial charge >= 0.3 is 0 Å². The molecule has 1 aliphatic rings. The molecule has 2 heterocycles. The van der Waals surface area contributed by atoms with Gasteiger partial charge in [-0.3, -0.25) is 9.78 Å². The molecule has 1 saturated heterocycles. The number of pyridine rings is 1. The van der Waals surface area contributed by atoms with E-state index < -0.39 is 12.1 Å². The molecule has 3 aromatic rings. The van der Waals surface area contributed by atoms with E-state index in [1.54, 1.807) is 37.4 Å². The number of morpholine rings is 1. The Labute approximate surface area is 174 Å². The van der Waals surface area contributed by atoms with Crippen LogP contribution in [0.3, 0.4) is 0 Å². The Hall–Kier alpha value is -3.16. The van der Waals surface area contributed by atoms with Gasteiger partial charge in [-0.2, -0.15) is 0 Å². The molecule has 0 saturated carbocycles. The van der Waals surface area contributed by atoms with Crippen LogP contribution in [0.25, 0.3) is 10.9 Å². The summed E-state index contributed by atoms with van der Waals surface area (Å²) >= 11 is 0. The zero-order valence-corrected chi connectivity index (χ0v) is 16.9. The Morgan fingerprint density at radius 3 is 2.73 bits per heavy atom. The van der Waals surface area contributed by atoms with Crippen LogP contribution in [0.15, 0.2) is 54.7 Å². The van der Waals surface area contributed by atoms with Gasteiger partial charge < -0.3 is 24.2 Å². The summed E-state index contributed by atoms with van der Waals surface area (Å²) in [6, 6.07) is 14.3. The monoisotopic (exact) mass is 408 g/mol. The quantitative estimate of drug-likeness (QED) is 0.699. The number of aliphatic hydroxyl groups excluding tert-OH is 1. The Morgan fingerprint density at radius 2 is 1.97 bits per heavy atom. The number of hydrogen-bond acceptors (Lipinski definition) is 6. The minimum absolute atomic E-state index is 0.152. The van der Waals surface area contributed by atoms with Crippen LogP contribution >= 0.6 is 0 Å². The van der Waals surface area contributed by atoms with E-state index in [1.807, 2.05) is 36.4 Å². The molecule has 2 atom stereocenters. The molecule has 7 nitrogen and oxygen atoms in total. The van der Waals surface area contributed by atoms with E-state index in [0.717, 1.165) is 10.9 Å². The lowest BCUT2D eigenvalue weighted by Gasteiger charge is -2.41.